The summed E-state index contributed by atoms with van der Waals surface area (Å²) in [5, 5.41) is 0. The zero-order valence-electron chi connectivity index (χ0n) is 13.4. The Bertz CT molecular complexity index is 463. The molecule has 0 bridgehead atoms. The Morgan fingerprint density at radius 1 is 1.43 bits per heavy atom. The van der Waals surface area contributed by atoms with Gasteiger partial charge in [0.15, 0.2) is 0 Å². The van der Waals surface area contributed by atoms with Crippen LogP contribution in [-0.2, 0) is 4.74 Å². The van der Waals surface area contributed by atoms with E-state index in [-0.39, 0.29) is 12.0 Å². The van der Waals surface area contributed by atoms with E-state index >= 15 is 0 Å². The Balaban J connectivity index is 2.86. The second-order valence-corrected chi connectivity index (χ2v) is 5.09. The van der Waals surface area contributed by atoms with Crippen molar-refractivity contribution in [3.8, 4) is 5.75 Å². The van der Waals surface area contributed by atoms with Gasteiger partial charge in [0.2, 0.25) is 0 Å². The fourth-order valence-corrected chi connectivity index (χ4v) is 2.12. The molecule has 1 atom stereocenters. The molecule has 0 aliphatic carbocycles. The van der Waals surface area contributed by atoms with Gasteiger partial charge in [-0.2, -0.15) is 0 Å². The van der Waals surface area contributed by atoms with Gasteiger partial charge >= 0.3 is 0 Å². The summed E-state index contributed by atoms with van der Waals surface area (Å²) >= 11 is 0. The fourth-order valence-electron chi connectivity index (χ4n) is 2.12. The van der Waals surface area contributed by atoms with Crippen molar-refractivity contribution in [3.05, 3.63) is 29.3 Å². The number of rotatable bonds is 8. The number of carbonyl (C=O) groups excluding carboxylic acids is 1. The monoisotopic (exact) mass is 294 g/mol. The number of carbonyl (C=O) groups is 1. The number of hydrogen-bond acceptors (Lipinski definition) is 4. The van der Waals surface area contributed by atoms with Gasteiger partial charge in [0.25, 0.3) is 5.91 Å². The zero-order chi connectivity index (χ0) is 15.8. The summed E-state index contributed by atoms with van der Waals surface area (Å²) in [5.74, 6) is 0.504. The number of ether oxygens (including phenoxy) is 2. The standard InChI is InChI=1S/C16H26N2O3/c1-5-20-13(3)11-18(4)16(19)14-10-12(2)6-7-15(14)21-9-8-17/h6-7,10,13H,5,8-9,11,17H2,1-4H3. The van der Waals surface area contributed by atoms with Gasteiger partial charge in [-0.05, 0) is 32.9 Å². The third-order valence-corrected chi connectivity index (χ3v) is 3.07. The van der Waals surface area contributed by atoms with Gasteiger partial charge in [-0.1, -0.05) is 11.6 Å². The van der Waals surface area contributed by atoms with Crippen molar-refractivity contribution in [2.24, 2.45) is 5.73 Å². The van der Waals surface area contributed by atoms with E-state index in [1.807, 2.05) is 39.0 Å². The molecule has 1 rings (SSSR count). The van der Waals surface area contributed by atoms with E-state index in [0.717, 1.165) is 5.56 Å². The van der Waals surface area contributed by atoms with Gasteiger partial charge < -0.3 is 20.1 Å². The molecule has 5 nitrogen and oxygen atoms in total. The van der Waals surface area contributed by atoms with Crippen LogP contribution in [0.2, 0.25) is 0 Å². The maximum absolute atomic E-state index is 12.6. The van der Waals surface area contributed by atoms with Gasteiger partial charge in [-0.25, -0.2) is 0 Å². The van der Waals surface area contributed by atoms with Crippen LogP contribution in [-0.4, -0.2) is 50.3 Å². The molecule has 0 spiro atoms. The van der Waals surface area contributed by atoms with Crippen molar-refractivity contribution in [3.63, 3.8) is 0 Å². The Kier molecular flexibility index (Phi) is 7.19. The molecule has 0 saturated heterocycles. The first-order valence-corrected chi connectivity index (χ1v) is 7.30. The molecule has 0 aromatic heterocycles. The predicted octanol–water partition coefficient (Wildman–Crippen LogP) is 1.83. The van der Waals surface area contributed by atoms with E-state index in [2.05, 4.69) is 0 Å². The van der Waals surface area contributed by atoms with E-state index in [1.54, 1.807) is 11.9 Å². The summed E-state index contributed by atoms with van der Waals surface area (Å²) in [5.41, 5.74) is 7.04. The molecule has 0 heterocycles. The van der Waals surface area contributed by atoms with Gasteiger partial charge in [-0.3, -0.25) is 4.79 Å². The van der Waals surface area contributed by atoms with Gasteiger partial charge in [0.05, 0.1) is 11.7 Å². The lowest BCUT2D eigenvalue weighted by Gasteiger charge is -2.23. The molecule has 21 heavy (non-hydrogen) atoms. The molecular formula is C16H26N2O3. The Hall–Kier alpha value is -1.59. The SMILES string of the molecule is CCOC(C)CN(C)C(=O)c1cc(C)ccc1OCCN. The number of nitrogens with zero attached hydrogens (tertiary/aromatic N) is 1. The fraction of sp³-hybridized carbons (Fsp3) is 0.562. The molecule has 0 fully saturated rings. The van der Waals surface area contributed by atoms with Crippen LogP contribution in [0.25, 0.3) is 0 Å². The average Bonchev–Trinajstić information content (AvgIpc) is 2.45. The van der Waals surface area contributed by atoms with Crippen molar-refractivity contribution in [1.82, 2.24) is 4.90 Å². The summed E-state index contributed by atoms with van der Waals surface area (Å²) in [6, 6.07) is 5.58. The summed E-state index contributed by atoms with van der Waals surface area (Å²) < 4.78 is 11.0. The topological polar surface area (TPSA) is 64.8 Å². The average molecular weight is 294 g/mol. The maximum atomic E-state index is 12.6. The highest BCUT2D eigenvalue weighted by atomic mass is 16.5. The van der Waals surface area contributed by atoms with Crippen LogP contribution in [0, 0.1) is 6.92 Å². The first-order valence-electron chi connectivity index (χ1n) is 7.30. The van der Waals surface area contributed by atoms with Crippen LogP contribution < -0.4 is 10.5 Å². The number of amides is 1. The number of benzene rings is 1. The summed E-state index contributed by atoms with van der Waals surface area (Å²) in [7, 11) is 1.77. The Morgan fingerprint density at radius 3 is 2.76 bits per heavy atom. The number of likely N-dealkylation sites (N-methyl/N-ethyl adjacent to an activating group) is 1. The maximum Gasteiger partial charge on any atom is 0.257 e. The highest BCUT2D eigenvalue weighted by molar-refractivity contribution is 5.97. The van der Waals surface area contributed by atoms with E-state index in [1.165, 1.54) is 0 Å². The van der Waals surface area contributed by atoms with Gasteiger partial charge in [0, 0.05) is 26.7 Å². The zero-order valence-corrected chi connectivity index (χ0v) is 13.4. The Morgan fingerprint density at radius 2 is 2.14 bits per heavy atom. The molecule has 0 saturated carbocycles. The predicted molar refractivity (Wildman–Crippen MR) is 83.8 cm³/mol. The number of aryl methyl sites for hydroxylation is 1. The highest BCUT2D eigenvalue weighted by Gasteiger charge is 2.19. The molecule has 0 aliphatic rings. The third-order valence-electron chi connectivity index (χ3n) is 3.07. The van der Waals surface area contributed by atoms with E-state index in [0.29, 0.717) is 37.6 Å². The molecule has 1 aromatic rings. The highest BCUT2D eigenvalue weighted by Crippen LogP contribution is 2.21. The lowest BCUT2D eigenvalue weighted by atomic mass is 10.1. The van der Waals surface area contributed by atoms with Crippen LogP contribution in [0.5, 0.6) is 5.75 Å². The molecule has 2 N–H and O–H groups in total. The number of nitrogens with two attached hydrogens (primary N) is 1. The normalized spacial score (nSPS) is 12.0. The smallest absolute Gasteiger partial charge is 0.257 e. The second kappa shape index (κ2) is 8.64. The minimum Gasteiger partial charge on any atom is -0.491 e. The van der Waals surface area contributed by atoms with Crippen LogP contribution in [0.3, 0.4) is 0 Å². The molecular weight excluding hydrogens is 268 g/mol. The van der Waals surface area contributed by atoms with Crippen molar-refractivity contribution in [2.45, 2.75) is 26.9 Å². The molecule has 0 radical (unpaired) electrons. The van der Waals surface area contributed by atoms with Crippen LogP contribution in [0.1, 0.15) is 29.8 Å². The van der Waals surface area contributed by atoms with E-state index in [4.69, 9.17) is 15.2 Å². The summed E-state index contributed by atoms with van der Waals surface area (Å²) in [6.45, 7) is 7.83. The van der Waals surface area contributed by atoms with Gasteiger partial charge in [-0.15, -0.1) is 0 Å². The molecule has 1 aromatic carbocycles. The molecule has 0 aliphatic heterocycles. The minimum atomic E-state index is -0.0720. The largest absolute Gasteiger partial charge is 0.491 e. The first-order chi connectivity index (χ1) is 9.99. The molecule has 118 valence electrons. The van der Waals surface area contributed by atoms with E-state index in [9.17, 15) is 4.79 Å². The lowest BCUT2D eigenvalue weighted by Crippen LogP contribution is -2.34. The van der Waals surface area contributed by atoms with Crippen LogP contribution in [0.15, 0.2) is 18.2 Å². The third kappa shape index (κ3) is 5.36. The minimum absolute atomic E-state index is 0.00201. The summed E-state index contributed by atoms with van der Waals surface area (Å²) in [6.07, 6.45) is 0.00201. The van der Waals surface area contributed by atoms with Crippen molar-refractivity contribution in [2.75, 3.05) is 33.4 Å². The lowest BCUT2D eigenvalue weighted by molar-refractivity contribution is 0.0434. The van der Waals surface area contributed by atoms with Crippen LogP contribution >= 0.6 is 0 Å². The van der Waals surface area contributed by atoms with Crippen LogP contribution in [0.4, 0.5) is 0 Å². The molecule has 5 heteroatoms. The van der Waals surface area contributed by atoms with E-state index < -0.39 is 0 Å². The molecule has 1 unspecified atom stereocenters. The molecule has 1 amide bonds. The van der Waals surface area contributed by atoms with Crippen molar-refractivity contribution < 1.29 is 14.3 Å². The summed E-state index contributed by atoms with van der Waals surface area (Å²) in [4.78, 5) is 14.2. The Labute approximate surface area is 127 Å². The first kappa shape index (κ1) is 17.5. The number of hydrogen-bond donors (Lipinski definition) is 1. The quantitative estimate of drug-likeness (QED) is 0.794. The second-order valence-electron chi connectivity index (χ2n) is 5.09. The van der Waals surface area contributed by atoms with Crippen molar-refractivity contribution >= 4 is 5.91 Å². The van der Waals surface area contributed by atoms with Gasteiger partial charge in [0.1, 0.15) is 12.4 Å². The van der Waals surface area contributed by atoms with Crippen molar-refractivity contribution in [1.29, 1.82) is 0 Å².